The van der Waals surface area contributed by atoms with Crippen molar-refractivity contribution in [2.75, 3.05) is 52.7 Å². The van der Waals surface area contributed by atoms with Gasteiger partial charge in [0.1, 0.15) is 6.04 Å². The minimum Gasteiger partial charge on any atom is -0.377 e. The van der Waals surface area contributed by atoms with Crippen molar-refractivity contribution in [3.8, 4) is 0 Å². The maximum Gasteiger partial charge on any atom is 0.262 e. The van der Waals surface area contributed by atoms with E-state index in [2.05, 4.69) is 0 Å². The molecule has 0 radical (unpaired) electrons. The van der Waals surface area contributed by atoms with Gasteiger partial charge in [-0.05, 0) is 18.1 Å². The first-order valence-electron chi connectivity index (χ1n) is 10.0. The largest absolute Gasteiger partial charge is 0.377 e. The topological polar surface area (TPSA) is 85.4 Å². The molecular weight excluding hydrogens is 376 g/mol. The smallest absolute Gasteiger partial charge is 0.262 e. The van der Waals surface area contributed by atoms with Gasteiger partial charge in [0.05, 0.1) is 50.8 Å². The van der Waals surface area contributed by atoms with Crippen molar-refractivity contribution in [3.05, 3.63) is 35.4 Å². The van der Waals surface area contributed by atoms with Crippen LogP contribution in [0.15, 0.2) is 24.3 Å². The van der Waals surface area contributed by atoms with Crippen LogP contribution in [-0.4, -0.2) is 86.3 Å². The normalized spacial score (nSPS) is 20.2. The molecule has 1 atom stereocenters. The van der Waals surface area contributed by atoms with E-state index in [1.54, 1.807) is 29.2 Å². The van der Waals surface area contributed by atoms with Crippen molar-refractivity contribution in [3.63, 3.8) is 0 Å². The Balaban J connectivity index is 1.79. The van der Waals surface area contributed by atoms with Crippen LogP contribution in [0.4, 0.5) is 0 Å². The molecule has 2 aliphatic rings. The van der Waals surface area contributed by atoms with E-state index >= 15 is 0 Å². The van der Waals surface area contributed by atoms with Gasteiger partial charge in [0.15, 0.2) is 0 Å². The van der Waals surface area contributed by atoms with E-state index in [-0.39, 0.29) is 11.8 Å². The highest BCUT2D eigenvalue weighted by molar-refractivity contribution is 6.22. The van der Waals surface area contributed by atoms with E-state index in [1.807, 2.05) is 13.8 Å². The van der Waals surface area contributed by atoms with E-state index in [0.29, 0.717) is 63.9 Å². The Morgan fingerprint density at radius 3 is 1.72 bits per heavy atom. The van der Waals surface area contributed by atoms with Gasteiger partial charge < -0.3 is 19.1 Å². The molecule has 2 heterocycles. The summed E-state index contributed by atoms with van der Waals surface area (Å²) in [4.78, 5) is 42.0. The molecule has 2 aliphatic heterocycles. The Kier molecular flexibility index (Phi) is 7.35. The first-order valence-corrected chi connectivity index (χ1v) is 10.0. The Morgan fingerprint density at radius 2 is 1.28 bits per heavy atom. The monoisotopic (exact) mass is 404 g/mol. The molecule has 29 heavy (non-hydrogen) atoms. The van der Waals surface area contributed by atoms with Crippen LogP contribution >= 0.6 is 0 Å². The van der Waals surface area contributed by atoms with Gasteiger partial charge in [0.25, 0.3) is 11.8 Å². The Bertz CT molecular complexity index is 703. The fraction of sp³-hybridized carbons (Fsp3) is 0.571. The summed E-state index contributed by atoms with van der Waals surface area (Å²) in [6.45, 7) is 6.91. The Morgan fingerprint density at radius 1 is 0.828 bits per heavy atom. The molecule has 8 nitrogen and oxygen atoms in total. The van der Waals surface area contributed by atoms with Gasteiger partial charge in [-0.1, -0.05) is 26.0 Å². The second-order valence-corrected chi connectivity index (χ2v) is 7.38. The fourth-order valence-electron chi connectivity index (χ4n) is 3.56. The quantitative estimate of drug-likeness (QED) is 0.704. The number of hydrogen-bond donors (Lipinski definition) is 0. The average molecular weight is 404 g/mol. The summed E-state index contributed by atoms with van der Waals surface area (Å²) in [6, 6.07) is 5.80. The lowest BCUT2D eigenvalue weighted by atomic mass is 10.0. The lowest BCUT2D eigenvalue weighted by Gasteiger charge is -2.33. The SMILES string of the molecule is CC(C)C(C(=O)N1CCOCCOCCOCC1)N1C(=O)c2ccccc2C1=O. The van der Waals surface area contributed by atoms with Gasteiger partial charge in [-0.2, -0.15) is 0 Å². The molecule has 0 N–H and O–H groups in total. The molecule has 1 saturated heterocycles. The van der Waals surface area contributed by atoms with E-state index in [0.717, 1.165) is 4.90 Å². The summed E-state index contributed by atoms with van der Waals surface area (Å²) in [6.07, 6.45) is 0. The van der Waals surface area contributed by atoms with Crippen LogP contribution in [0.2, 0.25) is 0 Å². The van der Waals surface area contributed by atoms with Crippen LogP contribution in [0.3, 0.4) is 0 Å². The zero-order valence-corrected chi connectivity index (χ0v) is 17.0. The number of imide groups is 1. The number of fused-ring (bicyclic) bond motifs is 1. The second kappa shape index (κ2) is 9.96. The molecule has 0 spiro atoms. The van der Waals surface area contributed by atoms with Crippen molar-refractivity contribution in [1.29, 1.82) is 0 Å². The summed E-state index contributed by atoms with van der Waals surface area (Å²) >= 11 is 0. The van der Waals surface area contributed by atoms with E-state index < -0.39 is 17.9 Å². The maximum atomic E-state index is 13.4. The molecule has 158 valence electrons. The highest BCUT2D eigenvalue weighted by Gasteiger charge is 2.45. The van der Waals surface area contributed by atoms with Gasteiger partial charge in [-0.15, -0.1) is 0 Å². The number of nitrogens with zero attached hydrogens (tertiary/aromatic N) is 2. The van der Waals surface area contributed by atoms with Gasteiger partial charge >= 0.3 is 0 Å². The lowest BCUT2D eigenvalue weighted by Crippen LogP contribution is -2.54. The molecule has 0 bridgehead atoms. The van der Waals surface area contributed by atoms with Crippen LogP contribution < -0.4 is 0 Å². The van der Waals surface area contributed by atoms with Gasteiger partial charge in [0.2, 0.25) is 5.91 Å². The first-order chi connectivity index (χ1) is 14.0. The molecule has 3 amide bonds. The lowest BCUT2D eigenvalue weighted by molar-refractivity contribution is -0.139. The number of ether oxygens (including phenoxy) is 3. The van der Waals surface area contributed by atoms with E-state index in [1.165, 1.54) is 0 Å². The van der Waals surface area contributed by atoms with Crippen molar-refractivity contribution < 1.29 is 28.6 Å². The van der Waals surface area contributed by atoms with Crippen LogP contribution in [0, 0.1) is 5.92 Å². The third-order valence-corrected chi connectivity index (χ3v) is 5.05. The zero-order chi connectivity index (χ0) is 20.8. The number of hydrogen-bond acceptors (Lipinski definition) is 6. The number of amides is 3. The third kappa shape index (κ3) is 4.83. The predicted octanol–water partition coefficient (Wildman–Crippen LogP) is 1.20. The standard InChI is InChI=1S/C21H28N2O6/c1-15(2)18(23-19(24)16-5-3-4-6-17(16)20(23)25)21(26)22-7-9-27-11-13-29-14-12-28-10-8-22/h3-6,15,18H,7-14H2,1-2H3. The average Bonchev–Trinajstić information content (AvgIpc) is 2.94. The van der Waals surface area contributed by atoms with Crippen molar-refractivity contribution in [1.82, 2.24) is 9.80 Å². The molecular formula is C21H28N2O6. The highest BCUT2D eigenvalue weighted by atomic mass is 16.5. The number of carbonyl (C=O) groups excluding carboxylic acids is 3. The zero-order valence-electron chi connectivity index (χ0n) is 17.0. The molecule has 1 aromatic carbocycles. The summed E-state index contributed by atoms with van der Waals surface area (Å²) in [7, 11) is 0. The fourth-order valence-corrected chi connectivity index (χ4v) is 3.56. The molecule has 0 aromatic heterocycles. The van der Waals surface area contributed by atoms with E-state index in [9.17, 15) is 14.4 Å². The van der Waals surface area contributed by atoms with Gasteiger partial charge in [0, 0.05) is 13.1 Å². The first kappa shape index (κ1) is 21.4. The summed E-state index contributed by atoms with van der Waals surface area (Å²) in [5.41, 5.74) is 0.688. The number of rotatable bonds is 3. The molecule has 0 saturated carbocycles. The molecule has 8 heteroatoms. The van der Waals surface area contributed by atoms with E-state index in [4.69, 9.17) is 14.2 Å². The highest BCUT2D eigenvalue weighted by Crippen LogP contribution is 2.28. The Labute approximate surface area is 170 Å². The van der Waals surface area contributed by atoms with Crippen molar-refractivity contribution in [2.24, 2.45) is 5.92 Å². The van der Waals surface area contributed by atoms with Crippen molar-refractivity contribution in [2.45, 2.75) is 19.9 Å². The summed E-state index contributed by atoms with van der Waals surface area (Å²) in [5.74, 6) is -1.34. The molecule has 1 fully saturated rings. The minimum absolute atomic E-state index is 0.235. The number of benzene rings is 1. The third-order valence-electron chi connectivity index (χ3n) is 5.05. The Hall–Kier alpha value is -2.29. The van der Waals surface area contributed by atoms with Crippen molar-refractivity contribution >= 4 is 17.7 Å². The predicted molar refractivity (Wildman–Crippen MR) is 105 cm³/mol. The van der Waals surface area contributed by atoms with Crippen LogP contribution in [0.1, 0.15) is 34.6 Å². The molecule has 0 aliphatic carbocycles. The van der Waals surface area contributed by atoms with Gasteiger partial charge in [-0.25, -0.2) is 0 Å². The van der Waals surface area contributed by atoms with Gasteiger partial charge in [-0.3, -0.25) is 19.3 Å². The molecule has 1 aromatic rings. The molecule has 3 rings (SSSR count). The second-order valence-electron chi connectivity index (χ2n) is 7.38. The minimum atomic E-state index is -0.876. The summed E-state index contributed by atoms with van der Waals surface area (Å²) < 4.78 is 16.4. The van der Waals surface area contributed by atoms with Crippen LogP contribution in [0.5, 0.6) is 0 Å². The summed E-state index contributed by atoms with van der Waals surface area (Å²) in [5, 5.41) is 0. The van der Waals surface area contributed by atoms with Crippen LogP contribution in [0.25, 0.3) is 0 Å². The van der Waals surface area contributed by atoms with Crippen LogP contribution in [-0.2, 0) is 19.0 Å². The number of carbonyl (C=O) groups is 3. The maximum absolute atomic E-state index is 13.4. The molecule has 1 unspecified atom stereocenters.